The molecule has 0 spiro atoms. The molecule has 1 aliphatic heterocycles. The number of hydrogen-bond acceptors (Lipinski definition) is 2. The Morgan fingerprint density at radius 3 is 2.33 bits per heavy atom. The van der Waals surface area contributed by atoms with Crippen LogP contribution >= 0.6 is 0 Å². The standard InChI is InChI=1S/C18H24F2N2O2/c1-3-12(4-2)17(23)21-14-7-9-22(10-8-14)18(24)13-5-6-15(19)16(20)11-13/h5-6,11-12,14H,3-4,7-10H2,1-2H3,(H,21,23). The van der Waals surface area contributed by atoms with E-state index in [0.29, 0.717) is 25.9 Å². The van der Waals surface area contributed by atoms with Crippen LogP contribution in [0.3, 0.4) is 0 Å². The highest BCUT2D eigenvalue weighted by atomic mass is 19.2. The zero-order valence-corrected chi connectivity index (χ0v) is 14.1. The third-order valence-corrected chi connectivity index (χ3v) is 4.65. The molecule has 1 aromatic rings. The lowest BCUT2D eigenvalue weighted by molar-refractivity contribution is -0.126. The lowest BCUT2D eigenvalue weighted by Gasteiger charge is -2.33. The van der Waals surface area contributed by atoms with E-state index in [4.69, 9.17) is 0 Å². The number of nitrogens with zero attached hydrogens (tertiary/aromatic N) is 1. The van der Waals surface area contributed by atoms with Gasteiger partial charge in [-0.05, 0) is 43.9 Å². The first-order chi connectivity index (χ1) is 11.5. The average molecular weight is 338 g/mol. The fourth-order valence-corrected chi connectivity index (χ4v) is 3.02. The lowest BCUT2D eigenvalue weighted by Crippen LogP contribution is -2.47. The molecule has 132 valence electrons. The van der Waals surface area contributed by atoms with E-state index in [2.05, 4.69) is 5.32 Å². The fraction of sp³-hybridized carbons (Fsp3) is 0.556. The maximum absolute atomic E-state index is 13.3. The van der Waals surface area contributed by atoms with Gasteiger partial charge in [0.1, 0.15) is 0 Å². The summed E-state index contributed by atoms with van der Waals surface area (Å²) in [4.78, 5) is 26.1. The summed E-state index contributed by atoms with van der Waals surface area (Å²) in [5.41, 5.74) is 0.147. The average Bonchev–Trinajstić information content (AvgIpc) is 2.58. The molecule has 1 saturated heterocycles. The molecule has 6 heteroatoms. The van der Waals surface area contributed by atoms with Gasteiger partial charge in [0.15, 0.2) is 11.6 Å². The van der Waals surface area contributed by atoms with Crippen LogP contribution < -0.4 is 5.32 Å². The zero-order chi connectivity index (χ0) is 17.7. The van der Waals surface area contributed by atoms with Crippen LogP contribution in [-0.2, 0) is 4.79 Å². The maximum atomic E-state index is 13.3. The Morgan fingerprint density at radius 2 is 1.79 bits per heavy atom. The molecule has 0 atom stereocenters. The largest absolute Gasteiger partial charge is 0.353 e. The first kappa shape index (κ1) is 18.4. The number of carbonyl (C=O) groups is 2. The number of amides is 2. The summed E-state index contributed by atoms with van der Waals surface area (Å²) in [6, 6.07) is 3.25. The van der Waals surface area contributed by atoms with Crippen LogP contribution in [0.1, 0.15) is 49.9 Å². The SMILES string of the molecule is CCC(CC)C(=O)NC1CCN(C(=O)c2ccc(F)c(F)c2)CC1. The predicted molar refractivity (Wildman–Crippen MR) is 87.5 cm³/mol. The van der Waals surface area contributed by atoms with Crippen LogP contribution in [0.2, 0.25) is 0 Å². The van der Waals surface area contributed by atoms with Crippen LogP contribution in [-0.4, -0.2) is 35.8 Å². The summed E-state index contributed by atoms with van der Waals surface area (Å²) >= 11 is 0. The lowest BCUT2D eigenvalue weighted by atomic mass is 9.99. The Kier molecular flexibility index (Phi) is 6.29. The van der Waals surface area contributed by atoms with Crippen molar-refractivity contribution in [1.29, 1.82) is 0 Å². The molecule has 0 saturated carbocycles. The van der Waals surface area contributed by atoms with Crippen molar-refractivity contribution in [1.82, 2.24) is 10.2 Å². The first-order valence-electron chi connectivity index (χ1n) is 8.50. The van der Waals surface area contributed by atoms with Gasteiger partial charge in [-0.15, -0.1) is 0 Å². The summed E-state index contributed by atoms with van der Waals surface area (Å²) in [5.74, 6) is -2.18. The van der Waals surface area contributed by atoms with E-state index in [0.717, 1.165) is 25.0 Å². The van der Waals surface area contributed by atoms with Crippen molar-refractivity contribution in [2.24, 2.45) is 5.92 Å². The van der Waals surface area contributed by atoms with Gasteiger partial charge in [-0.1, -0.05) is 13.8 Å². The quantitative estimate of drug-likeness (QED) is 0.897. The summed E-state index contributed by atoms with van der Waals surface area (Å²) < 4.78 is 26.2. The van der Waals surface area contributed by atoms with Gasteiger partial charge in [0, 0.05) is 30.6 Å². The third-order valence-electron chi connectivity index (χ3n) is 4.65. The molecule has 4 nitrogen and oxygen atoms in total. The molecule has 2 rings (SSSR count). The Labute approximate surface area is 141 Å². The van der Waals surface area contributed by atoms with Crippen molar-refractivity contribution >= 4 is 11.8 Å². The predicted octanol–water partition coefficient (Wildman–Crippen LogP) is 3.12. The van der Waals surface area contributed by atoms with Gasteiger partial charge in [-0.25, -0.2) is 8.78 Å². The van der Waals surface area contributed by atoms with E-state index >= 15 is 0 Å². The Balaban J connectivity index is 1.89. The second-order valence-electron chi connectivity index (χ2n) is 6.22. The minimum Gasteiger partial charge on any atom is -0.353 e. The zero-order valence-electron chi connectivity index (χ0n) is 14.1. The van der Waals surface area contributed by atoms with Crippen molar-refractivity contribution in [3.05, 3.63) is 35.4 Å². The second kappa shape index (κ2) is 8.22. The molecule has 1 N–H and O–H groups in total. The number of benzene rings is 1. The number of carbonyl (C=O) groups excluding carboxylic acids is 2. The van der Waals surface area contributed by atoms with Crippen molar-refractivity contribution in [2.75, 3.05) is 13.1 Å². The molecule has 0 unspecified atom stereocenters. The Bertz CT molecular complexity index is 595. The summed E-state index contributed by atoms with van der Waals surface area (Å²) in [6.07, 6.45) is 2.97. The molecule has 0 bridgehead atoms. The van der Waals surface area contributed by atoms with E-state index < -0.39 is 11.6 Å². The molecule has 24 heavy (non-hydrogen) atoms. The topological polar surface area (TPSA) is 49.4 Å². The molecule has 1 fully saturated rings. The fourth-order valence-electron chi connectivity index (χ4n) is 3.02. The number of piperidine rings is 1. The maximum Gasteiger partial charge on any atom is 0.253 e. The second-order valence-corrected chi connectivity index (χ2v) is 6.22. The normalized spacial score (nSPS) is 15.6. The van der Waals surface area contributed by atoms with Crippen molar-refractivity contribution < 1.29 is 18.4 Å². The number of rotatable bonds is 5. The van der Waals surface area contributed by atoms with Gasteiger partial charge in [-0.3, -0.25) is 9.59 Å². The molecule has 1 aliphatic rings. The van der Waals surface area contributed by atoms with Crippen LogP contribution in [0.15, 0.2) is 18.2 Å². The van der Waals surface area contributed by atoms with E-state index in [1.165, 1.54) is 6.07 Å². The van der Waals surface area contributed by atoms with Gasteiger partial charge in [0.2, 0.25) is 5.91 Å². The number of halogens is 2. The molecule has 0 radical (unpaired) electrons. The summed E-state index contributed by atoms with van der Waals surface area (Å²) in [6.45, 7) is 4.98. The summed E-state index contributed by atoms with van der Waals surface area (Å²) in [5, 5.41) is 3.05. The molecule has 0 aliphatic carbocycles. The van der Waals surface area contributed by atoms with Gasteiger partial charge in [-0.2, -0.15) is 0 Å². The highest BCUT2D eigenvalue weighted by Gasteiger charge is 2.26. The van der Waals surface area contributed by atoms with E-state index in [9.17, 15) is 18.4 Å². The minimum absolute atomic E-state index is 0.0341. The molecule has 1 aromatic carbocycles. The number of hydrogen-bond donors (Lipinski definition) is 1. The minimum atomic E-state index is -1.02. The van der Waals surface area contributed by atoms with Crippen molar-refractivity contribution in [3.8, 4) is 0 Å². The van der Waals surface area contributed by atoms with Crippen LogP contribution in [0.25, 0.3) is 0 Å². The number of nitrogens with one attached hydrogen (secondary N) is 1. The number of likely N-dealkylation sites (tertiary alicyclic amines) is 1. The Hall–Kier alpha value is -1.98. The van der Waals surface area contributed by atoms with Crippen LogP contribution in [0.4, 0.5) is 8.78 Å². The van der Waals surface area contributed by atoms with E-state index in [1.54, 1.807) is 4.90 Å². The van der Waals surface area contributed by atoms with Gasteiger partial charge in [0.05, 0.1) is 0 Å². The van der Waals surface area contributed by atoms with Gasteiger partial charge >= 0.3 is 0 Å². The van der Waals surface area contributed by atoms with Crippen LogP contribution in [0, 0.1) is 17.6 Å². The first-order valence-corrected chi connectivity index (χ1v) is 8.50. The smallest absolute Gasteiger partial charge is 0.253 e. The molecule has 0 aromatic heterocycles. The highest BCUT2D eigenvalue weighted by molar-refractivity contribution is 5.94. The molecule has 2 amide bonds. The van der Waals surface area contributed by atoms with Crippen molar-refractivity contribution in [3.63, 3.8) is 0 Å². The summed E-state index contributed by atoms with van der Waals surface area (Å²) in [7, 11) is 0. The van der Waals surface area contributed by atoms with Crippen LogP contribution in [0.5, 0.6) is 0 Å². The van der Waals surface area contributed by atoms with Crippen molar-refractivity contribution in [2.45, 2.75) is 45.6 Å². The van der Waals surface area contributed by atoms with Gasteiger partial charge in [0.25, 0.3) is 5.91 Å². The molecular weight excluding hydrogens is 314 g/mol. The highest BCUT2D eigenvalue weighted by Crippen LogP contribution is 2.17. The van der Waals surface area contributed by atoms with E-state index in [1.807, 2.05) is 13.8 Å². The van der Waals surface area contributed by atoms with E-state index in [-0.39, 0.29) is 29.3 Å². The monoisotopic (exact) mass is 338 g/mol. The Morgan fingerprint density at radius 1 is 1.17 bits per heavy atom. The third kappa shape index (κ3) is 4.30. The molecular formula is C18H24F2N2O2. The molecule has 1 heterocycles. The van der Waals surface area contributed by atoms with Gasteiger partial charge < -0.3 is 10.2 Å².